The van der Waals surface area contributed by atoms with Gasteiger partial charge in [-0.05, 0) is 43.2 Å². The van der Waals surface area contributed by atoms with E-state index >= 15 is 0 Å². The Kier molecular flexibility index (Phi) is 5.62. The zero-order valence-corrected chi connectivity index (χ0v) is 18.9. The van der Waals surface area contributed by atoms with E-state index in [0.717, 1.165) is 42.3 Å². The zero-order chi connectivity index (χ0) is 22.9. The zero-order valence-electron chi connectivity index (χ0n) is 18.9. The van der Waals surface area contributed by atoms with Crippen LogP contribution in [-0.4, -0.2) is 24.1 Å². The molecule has 5 aromatic rings. The molecule has 0 atom stereocenters. The molecule has 0 aliphatic rings. The maximum atomic E-state index is 13.7. The summed E-state index contributed by atoms with van der Waals surface area (Å²) >= 11 is 0. The molecular formula is C26H26FN5O. The van der Waals surface area contributed by atoms with E-state index in [1.807, 2.05) is 35.8 Å². The summed E-state index contributed by atoms with van der Waals surface area (Å²) < 4.78 is 17.1. The maximum Gasteiger partial charge on any atom is 0.265 e. The first-order valence-corrected chi connectivity index (χ1v) is 11.5. The fraction of sp³-hybridized carbons (Fsp3) is 0.308. The number of para-hydroxylation sites is 2. The first-order chi connectivity index (χ1) is 16.1. The van der Waals surface area contributed by atoms with Crippen molar-refractivity contribution in [2.45, 2.75) is 52.6 Å². The van der Waals surface area contributed by atoms with Crippen LogP contribution >= 0.6 is 0 Å². The Labute approximate surface area is 190 Å². The average Bonchev–Trinajstić information content (AvgIpc) is 3.10. The lowest BCUT2D eigenvalue weighted by Gasteiger charge is -2.11. The molecule has 2 aromatic carbocycles. The molecule has 7 heteroatoms. The Morgan fingerprint density at radius 1 is 0.848 bits per heavy atom. The predicted molar refractivity (Wildman–Crippen MR) is 129 cm³/mol. The van der Waals surface area contributed by atoms with Crippen molar-refractivity contribution >= 4 is 33.2 Å². The summed E-state index contributed by atoms with van der Waals surface area (Å²) in [7, 11) is 0. The summed E-state index contributed by atoms with van der Waals surface area (Å²) in [6.45, 7) is 5.10. The second-order valence-electron chi connectivity index (χ2n) is 8.47. The third kappa shape index (κ3) is 3.88. The second-order valence-corrected chi connectivity index (χ2v) is 8.47. The maximum absolute atomic E-state index is 13.7. The van der Waals surface area contributed by atoms with E-state index in [1.54, 1.807) is 16.7 Å². The van der Waals surface area contributed by atoms with Crippen molar-refractivity contribution in [2.24, 2.45) is 0 Å². The van der Waals surface area contributed by atoms with Crippen molar-refractivity contribution in [3.05, 3.63) is 76.1 Å². The number of hydrogen-bond acceptors (Lipinski definition) is 4. The van der Waals surface area contributed by atoms with E-state index in [4.69, 9.17) is 15.0 Å². The monoisotopic (exact) mass is 443 g/mol. The highest BCUT2D eigenvalue weighted by Gasteiger charge is 2.21. The van der Waals surface area contributed by atoms with Gasteiger partial charge < -0.3 is 4.57 Å². The summed E-state index contributed by atoms with van der Waals surface area (Å²) in [5.74, 6) is 0.392. The van der Waals surface area contributed by atoms with Crippen LogP contribution in [0.3, 0.4) is 0 Å². The Morgan fingerprint density at radius 3 is 2.30 bits per heavy atom. The fourth-order valence-corrected chi connectivity index (χ4v) is 4.38. The van der Waals surface area contributed by atoms with Crippen molar-refractivity contribution in [3.8, 4) is 0 Å². The van der Waals surface area contributed by atoms with Gasteiger partial charge in [0, 0.05) is 6.54 Å². The van der Waals surface area contributed by atoms with Gasteiger partial charge in [0.2, 0.25) is 0 Å². The van der Waals surface area contributed by atoms with Crippen LogP contribution in [-0.2, 0) is 13.1 Å². The van der Waals surface area contributed by atoms with Crippen molar-refractivity contribution in [2.75, 3.05) is 0 Å². The van der Waals surface area contributed by atoms with E-state index in [0.29, 0.717) is 41.1 Å². The summed E-state index contributed by atoms with van der Waals surface area (Å²) in [5.41, 5.74) is 4.04. The van der Waals surface area contributed by atoms with Gasteiger partial charge in [-0.15, -0.1) is 0 Å². The molecule has 0 bridgehead atoms. The van der Waals surface area contributed by atoms with Gasteiger partial charge in [0.1, 0.15) is 22.5 Å². The van der Waals surface area contributed by atoms with Gasteiger partial charge in [0.05, 0.1) is 17.6 Å². The van der Waals surface area contributed by atoms with Crippen molar-refractivity contribution < 1.29 is 4.39 Å². The lowest BCUT2D eigenvalue weighted by molar-refractivity contribution is 0.555. The number of nitrogens with zero attached hydrogens (tertiary/aromatic N) is 5. The van der Waals surface area contributed by atoms with Gasteiger partial charge in [0.15, 0.2) is 11.3 Å². The summed E-state index contributed by atoms with van der Waals surface area (Å²) in [4.78, 5) is 28.2. The molecule has 3 aromatic heterocycles. The van der Waals surface area contributed by atoms with Crippen LogP contribution in [0, 0.1) is 12.7 Å². The SMILES string of the molecule is CCCCCCn1c(C)nc2c(c1=O)c1nc3ccccc3nc1n2Cc1ccc(F)cc1. The van der Waals surface area contributed by atoms with Gasteiger partial charge in [-0.2, -0.15) is 0 Å². The smallest absolute Gasteiger partial charge is 0.265 e. The highest BCUT2D eigenvalue weighted by molar-refractivity contribution is 6.04. The molecule has 3 heterocycles. The van der Waals surface area contributed by atoms with Crippen LogP contribution in [0.15, 0.2) is 53.3 Å². The fourth-order valence-electron chi connectivity index (χ4n) is 4.38. The number of hydrogen-bond donors (Lipinski definition) is 0. The second kappa shape index (κ2) is 8.73. The summed E-state index contributed by atoms with van der Waals surface area (Å²) in [5, 5.41) is 0.492. The molecule has 0 saturated heterocycles. The topological polar surface area (TPSA) is 65.6 Å². The van der Waals surface area contributed by atoms with E-state index < -0.39 is 0 Å². The van der Waals surface area contributed by atoms with E-state index in [2.05, 4.69) is 6.92 Å². The van der Waals surface area contributed by atoms with Crippen molar-refractivity contribution in [3.63, 3.8) is 0 Å². The van der Waals surface area contributed by atoms with Crippen LogP contribution in [0.25, 0.3) is 33.2 Å². The number of halogens is 1. The summed E-state index contributed by atoms with van der Waals surface area (Å²) in [6.07, 6.45) is 4.31. The minimum absolute atomic E-state index is 0.0820. The third-order valence-electron chi connectivity index (χ3n) is 6.13. The first kappa shape index (κ1) is 21.2. The molecule has 0 amide bonds. The number of aromatic nitrogens is 5. The van der Waals surface area contributed by atoms with Crippen molar-refractivity contribution in [1.82, 2.24) is 24.1 Å². The number of aryl methyl sites for hydroxylation is 1. The standard InChI is InChI=1S/C26H26FN5O/c1-3-4-5-8-15-31-17(2)28-24-22(26(31)33)23-25(30-21-10-7-6-9-20(21)29-23)32(24)16-18-11-13-19(27)14-12-18/h6-7,9-14H,3-5,8,15-16H2,1-2H3. The largest absolute Gasteiger partial charge is 0.304 e. The Morgan fingerprint density at radius 2 is 1.58 bits per heavy atom. The van der Waals surface area contributed by atoms with Gasteiger partial charge in [-0.25, -0.2) is 19.3 Å². The lowest BCUT2D eigenvalue weighted by Crippen LogP contribution is -2.24. The molecule has 168 valence electrons. The van der Waals surface area contributed by atoms with E-state index in [-0.39, 0.29) is 11.4 Å². The molecule has 0 fully saturated rings. The molecule has 0 N–H and O–H groups in total. The highest BCUT2D eigenvalue weighted by Crippen LogP contribution is 2.26. The van der Waals surface area contributed by atoms with Crippen LogP contribution in [0.1, 0.15) is 44.0 Å². The normalized spacial score (nSPS) is 11.7. The average molecular weight is 444 g/mol. The van der Waals surface area contributed by atoms with Crippen LogP contribution < -0.4 is 5.56 Å². The van der Waals surface area contributed by atoms with Crippen LogP contribution in [0.5, 0.6) is 0 Å². The molecule has 0 unspecified atom stereocenters. The minimum Gasteiger partial charge on any atom is -0.304 e. The van der Waals surface area contributed by atoms with Crippen molar-refractivity contribution in [1.29, 1.82) is 0 Å². The lowest BCUT2D eigenvalue weighted by atomic mass is 10.2. The molecule has 0 radical (unpaired) electrons. The van der Waals surface area contributed by atoms with E-state index in [1.165, 1.54) is 12.1 Å². The number of benzene rings is 2. The number of unbranched alkanes of at least 4 members (excludes halogenated alkanes) is 3. The molecule has 6 nitrogen and oxygen atoms in total. The van der Waals surface area contributed by atoms with Crippen LogP contribution in [0.4, 0.5) is 4.39 Å². The van der Waals surface area contributed by atoms with Gasteiger partial charge >= 0.3 is 0 Å². The molecule has 0 saturated carbocycles. The molecule has 33 heavy (non-hydrogen) atoms. The quantitative estimate of drug-likeness (QED) is 0.317. The van der Waals surface area contributed by atoms with Gasteiger partial charge in [0.25, 0.3) is 5.56 Å². The Hall–Kier alpha value is -3.61. The molecule has 0 spiro atoms. The Balaban J connectivity index is 1.75. The molecule has 0 aliphatic carbocycles. The first-order valence-electron chi connectivity index (χ1n) is 11.5. The van der Waals surface area contributed by atoms with Gasteiger partial charge in [-0.3, -0.25) is 9.36 Å². The van der Waals surface area contributed by atoms with Crippen LogP contribution in [0.2, 0.25) is 0 Å². The Bertz CT molecular complexity index is 1520. The van der Waals surface area contributed by atoms with E-state index in [9.17, 15) is 9.18 Å². The molecular weight excluding hydrogens is 417 g/mol. The molecule has 0 aliphatic heterocycles. The third-order valence-corrected chi connectivity index (χ3v) is 6.13. The highest BCUT2D eigenvalue weighted by atomic mass is 19.1. The minimum atomic E-state index is -0.285. The number of rotatable bonds is 7. The van der Waals surface area contributed by atoms with Gasteiger partial charge in [-0.1, -0.05) is 50.5 Å². The predicted octanol–water partition coefficient (Wildman–Crippen LogP) is 5.37. The number of fused-ring (bicyclic) bond motifs is 4. The summed E-state index contributed by atoms with van der Waals surface area (Å²) in [6, 6.07) is 14.0. The molecule has 5 rings (SSSR count).